The van der Waals surface area contributed by atoms with Crippen LogP contribution in [0.4, 0.5) is 8.78 Å². The number of rotatable bonds is 4. The van der Waals surface area contributed by atoms with Crippen molar-refractivity contribution < 1.29 is 13.5 Å². The Hall–Kier alpha value is -1.85. The van der Waals surface area contributed by atoms with E-state index in [1.54, 1.807) is 0 Å². The molecule has 0 aliphatic rings. The zero-order valence-electron chi connectivity index (χ0n) is 11.3. The van der Waals surface area contributed by atoms with Gasteiger partial charge < -0.3 is 15.8 Å². The third-order valence-electron chi connectivity index (χ3n) is 2.03. The van der Waals surface area contributed by atoms with E-state index in [0.29, 0.717) is 5.96 Å². The molecule has 1 rings (SSSR count). The molecule has 106 valence electrons. The summed E-state index contributed by atoms with van der Waals surface area (Å²) in [7, 11) is 0. The van der Waals surface area contributed by atoms with Gasteiger partial charge in [-0.3, -0.25) is 0 Å². The number of ether oxygens (including phenoxy) is 1. The van der Waals surface area contributed by atoms with Gasteiger partial charge in [0, 0.05) is 11.6 Å². The van der Waals surface area contributed by atoms with Gasteiger partial charge in [0.2, 0.25) is 0 Å². The normalized spacial score (nSPS) is 12.4. The predicted octanol–water partition coefficient (Wildman–Crippen LogP) is 2.05. The molecule has 4 nitrogen and oxygen atoms in total. The standard InChI is InChI=1S/C13H19F2N3O/c1-13(2,3)18-12(16)17-6-7-19-11-5-4-9(14)8-10(11)15/h4-5,8H,6-7H2,1-3H3,(H3,16,17,18). The summed E-state index contributed by atoms with van der Waals surface area (Å²) in [6.07, 6.45) is 0. The van der Waals surface area contributed by atoms with Crippen molar-refractivity contribution in [1.29, 1.82) is 0 Å². The number of hydrogen-bond acceptors (Lipinski definition) is 2. The van der Waals surface area contributed by atoms with E-state index in [0.717, 1.165) is 12.1 Å². The summed E-state index contributed by atoms with van der Waals surface area (Å²) in [5, 5.41) is 2.99. The second-order valence-corrected chi connectivity index (χ2v) is 5.07. The van der Waals surface area contributed by atoms with Crippen LogP contribution in [-0.2, 0) is 0 Å². The average molecular weight is 271 g/mol. The maximum Gasteiger partial charge on any atom is 0.189 e. The smallest absolute Gasteiger partial charge is 0.189 e. The van der Waals surface area contributed by atoms with Crippen LogP contribution in [0.3, 0.4) is 0 Å². The van der Waals surface area contributed by atoms with Crippen LogP contribution in [0.1, 0.15) is 20.8 Å². The molecule has 0 atom stereocenters. The molecule has 0 spiro atoms. The number of guanidine groups is 1. The van der Waals surface area contributed by atoms with Crippen molar-refractivity contribution in [3.63, 3.8) is 0 Å². The second kappa shape index (κ2) is 6.36. The Bertz CT molecular complexity index is 456. The van der Waals surface area contributed by atoms with E-state index in [-0.39, 0.29) is 24.4 Å². The Morgan fingerprint density at radius 2 is 2.05 bits per heavy atom. The molecular formula is C13H19F2N3O. The van der Waals surface area contributed by atoms with Gasteiger partial charge in [-0.25, -0.2) is 13.8 Å². The largest absolute Gasteiger partial charge is 0.489 e. The van der Waals surface area contributed by atoms with Gasteiger partial charge >= 0.3 is 0 Å². The van der Waals surface area contributed by atoms with E-state index in [1.165, 1.54) is 6.07 Å². The van der Waals surface area contributed by atoms with E-state index in [2.05, 4.69) is 10.3 Å². The SMILES string of the molecule is CC(C)(C)NC(N)=NCCOc1ccc(F)cc1F. The molecule has 0 aliphatic heterocycles. The van der Waals surface area contributed by atoms with Crippen molar-refractivity contribution in [2.75, 3.05) is 13.2 Å². The first kappa shape index (κ1) is 15.2. The first-order valence-electron chi connectivity index (χ1n) is 5.94. The highest BCUT2D eigenvalue weighted by Crippen LogP contribution is 2.17. The highest BCUT2D eigenvalue weighted by molar-refractivity contribution is 5.78. The predicted molar refractivity (Wildman–Crippen MR) is 71.2 cm³/mol. The first-order chi connectivity index (χ1) is 8.78. The van der Waals surface area contributed by atoms with Crippen LogP contribution in [0.15, 0.2) is 23.2 Å². The molecule has 0 fully saturated rings. The van der Waals surface area contributed by atoms with Crippen LogP contribution in [0.2, 0.25) is 0 Å². The minimum Gasteiger partial charge on any atom is -0.489 e. The van der Waals surface area contributed by atoms with Gasteiger partial charge in [0.25, 0.3) is 0 Å². The maximum atomic E-state index is 13.2. The Balaban J connectivity index is 2.40. The fourth-order valence-electron chi connectivity index (χ4n) is 1.34. The molecular weight excluding hydrogens is 252 g/mol. The number of aliphatic imine (C=N–C) groups is 1. The van der Waals surface area contributed by atoms with Gasteiger partial charge in [-0.1, -0.05) is 0 Å². The van der Waals surface area contributed by atoms with Crippen molar-refractivity contribution >= 4 is 5.96 Å². The third kappa shape index (κ3) is 6.03. The fraction of sp³-hybridized carbons (Fsp3) is 0.462. The van der Waals surface area contributed by atoms with Crippen molar-refractivity contribution in [3.05, 3.63) is 29.8 Å². The summed E-state index contributed by atoms with van der Waals surface area (Å²) < 4.78 is 31.0. The molecule has 0 amide bonds. The topological polar surface area (TPSA) is 59.6 Å². The van der Waals surface area contributed by atoms with Crippen LogP contribution in [0.5, 0.6) is 5.75 Å². The molecule has 0 aromatic heterocycles. The molecule has 1 aromatic carbocycles. The van der Waals surface area contributed by atoms with Gasteiger partial charge in [0.1, 0.15) is 12.4 Å². The van der Waals surface area contributed by atoms with Crippen LogP contribution in [-0.4, -0.2) is 24.7 Å². The summed E-state index contributed by atoms with van der Waals surface area (Å²) in [5.74, 6) is -1.07. The molecule has 0 bridgehead atoms. The summed E-state index contributed by atoms with van der Waals surface area (Å²) in [4.78, 5) is 4.03. The Morgan fingerprint density at radius 3 is 2.63 bits per heavy atom. The molecule has 0 unspecified atom stereocenters. The van der Waals surface area contributed by atoms with Crippen molar-refractivity contribution in [1.82, 2.24) is 5.32 Å². The third-order valence-corrected chi connectivity index (χ3v) is 2.03. The van der Waals surface area contributed by atoms with Crippen LogP contribution in [0.25, 0.3) is 0 Å². The van der Waals surface area contributed by atoms with Gasteiger partial charge in [0.15, 0.2) is 17.5 Å². The highest BCUT2D eigenvalue weighted by Gasteiger charge is 2.09. The Labute approximate surface area is 111 Å². The molecule has 6 heteroatoms. The molecule has 0 aliphatic carbocycles. The summed E-state index contributed by atoms with van der Waals surface area (Å²) in [6, 6.07) is 3.15. The van der Waals surface area contributed by atoms with Crippen molar-refractivity contribution in [3.8, 4) is 5.75 Å². The maximum absolute atomic E-state index is 13.2. The lowest BCUT2D eigenvalue weighted by atomic mass is 10.1. The second-order valence-electron chi connectivity index (χ2n) is 5.07. The lowest BCUT2D eigenvalue weighted by molar-refractivity contribution is 0.310. The van der Waals surface area contributed by atoms with Gasteiger partial charge in [-0.15, -0.1) is 0 Å². The van der Waals surface area contributed by atoms with Gasteiger partial charge in [-0.2, -0.15) is 0 Å². The summed E-state index contributed by atoms with van der Waals surface area (Å²) in [6.45, 7) is 6.32. The zero-order chi connectivity index (χ0) is 14.5. The van der Waals surface area contributed by atoms with Crippen LogP contribution >= 0.6 is 0 Å². The molecule has 0 heterocycles. The number of hydrogen-bond donors (Lipinski definition) is 2. The summed E-state index contributed by atoms with van der Waals surface area (Å²) >= 11 is 0. The number of nitrogens with two attached hydrogens (primary N) is 1. The molecule has 3 N–H and O–H groups in total. The van der Waals surface area contributed by atoms with E-state index in [9.17, 15) is 8.78 Å². The quantitative estimate of drug-likeness (QED) is 0.500. The summed E-state index contributed by atoms with van der Waals surface area (Å²) in [5.41, 5.74) is 5.48. The van der Waals surface area contributed by atoms with Gasteiger partial charge in [0.05, 0.1) is 6.54 Å². The zero-order valence-corrected chi connectivity index (χ0v) is 11.3. The molecule has 1 aromatic rings. The monoisotopic (exact) mass is 271 g/mol. The Kier molecular flexibility index (Phi) is 5.09. The van der Waals surface area contributed by atoms with E-state index >= 15 is 0 Å². The van der Waals surface area contributed by atoms with Crippen molar-refractivity contribution in [2.24, 2.45) is 10.7 Å². The molecule has 0 saturated carbocycles. The molecule has 0 radical (unpaired) electrons. The minimum atomic E-state index is -0.732. The molecule has 0 saturated heterocycles. The van der Waals surface area contributed by atoms with Crippen LogP contribution < -0.4 is 15.8 Å². The van der Waals surface area contributed by atoms with E-state index in [4.69, 9.17) is 10.5 Å². The minimum absolute atomic E-state index is 0.000970. The van der Waals surface area contributed by atoms with Crippen LogP contribution in [0, 0.1) is 11.6 Å². The molecule has 19 heavy (non-hydrogen) atoms. The number of nitrogens with zero attached hydrogens (tertiary/aromatic N) is 1. The van der Waals surface area contributed by atoms with Gasteiger partial charge in [-0.05, 0) is 32.9 Å². The fourth-order valence-corrected chi connectivity index (χ4v) is 1.34. The Morgan fingerprint density at radius 1 is 1.37 bits per heavy atom. The first-order valence-corrected chi connectivity index (χ1v) is 5.94. The lowest BCUT2D eigenvalue weighted by Crippen LogP contribution is -2.45. The van der Waals surface area contributed by atoms with E-state index < -0.39 is 11.6 Å². The highest BCUT2D eigenvalue weighted by atomic mass is 19.1. The van der Waals surface area contributed by atoms with Crippen molar-refractivity contribution in [2.45, 2.75) is 26.3 Å². The number of nitrogens with one attached hydrogen (secondary N) is 1. The number of benzene rings is 1. The van der Waals surface area contributed by atoms with E-state index in [1.807, 2.05) is 20.8 Å². The lowest BCUT2D eigenvalue weighted by Gasteiger charge is -2.20. The average Bonchev–Trinajstić information content (AvgIpc) is 2.24. The number of halogens is 2.